The monoisotopic (exact) mass is 364 g/mol. The topological polar surface area (TPSA) is 36.1 Å². The number of halogens is 1. The van der Waals surface area contributed by atoms with Crippen molar-refractivity contribution in [3.8, 4) is 6.07 Å². The molecule has 3 rings (SSSR count). The molecule has 0 aliphatic heterocycles. The molecule has 0 saturated carbocycles. The van der Waals surface area contributed by atoms with Crippen LogP contribution in [0.25, 0.3) is 0 Å². The Kier molecular flexibility index (Phi) is 4.06. The minimum atomic E-state index is 0.720. The molecule has 0 aromatic carbocycles. The lowest BCUT2D eigenvalue weighted by Crippen LogP contribution is -2.09. The van der Waals surface area contributed by atoms with Gasteiger partial charge in [0.25, 0.3) is 0 Å². The van der Waals surface area contributed by atoms with Crippen molar-refractivity contribution in [3.05, 3.63) is 36.8 Å². The normalized spacial score (nSPS) is 18.1. The summed E-state index contributed by atoms with van der Waals surface area (Å²) in [5, 5.41) is 12.3. The van der Waals surface area contributed by atoms with Crippen LogP contribution in [0.5, 0.6) is 0 Å². The Morgan fingerprint density at radius 3 is 3.10 bits per heavy atom. The van der Waals surface area contributed by atoms with Gasteiger partial charge in [-0.15, -0.1) is 22.7 Å². The molecule has 0 spiro atoms. The highest BCUT2D eigenvalue weighted by Crippen LogP contribution is 2.40. The van der Waals surface area contributed by atoms with Crippen LogP contribution >= 0.6 is 38.6 Å². The molecule has 2 aromatic heterocycles. The Balaban J connectivity index is 1.94. The summed E-state index contributed by atoms with van der Waals surface area (Å²) < 4.78 is 1.07. The quantitative estimate of drug-likeness (QED) is 0.664. The van der Waals surface area contributed by atoms with Crippen LogP contribution in [0.3, 0.4) is 0 Å². The Morgan fingerprint density at radius 1 is 1.55 bits per heavy atom. The first-order valence-electron chi connectivity index (χ1n) is 6.50. The molecule has 102 valence electrons. The van der Waals surface area contributed by atoms with E-state index in [4.69, 9.17) is 0 Å². The van der Waals surface area contributed by atoms with E-state index in [1.807, 2.05) is 17.7 Å². The molecule has 1 aliphatic carbocycles. The second-order valence-electron chi connectivity index (χ2n) is 5.07. The summed E-state index contributed by atoms with van der Waals surface area (Å²) in [6, 6.07) is 4.39. The van der Waals surface area contributed by atoms with E-state index in [0.29, 0.717) is 0 Å². The zero-order valence-corrected chi connectivity index (χ0v) is 14.2. The molecule has 0 saturated heterocycles. The molecule has 1 aliphatic rings. The fraction of sp³-hybridized carbons (Fsp3) is 0.333. The molecule has 0 amide bonds. The van der Waals surface area contributed by atoms with E-state index < -0.39 is 0 Å². The summed E-state index contributed by atoms with van der Waals surface area (Å²) in [4.78, 5) is 7.01. The Hall–Kier alpha value is -0.960. The van der Waals surface area contributed by atoms with Crippen molar-refractivity contribution in [3.63, 3.8) is 0 Å². The number of thiophene rings is 2. The first kappa shape index (κ1) is 14.0. The molecule has 5 heteroatoms. The van der Waals surface area contributed by atoms with Crippen molar-refractivity contribution in [2.75, 3.05) is 0 Å². The third kappa shape index (κ3) is 2.73. The first-order chi connectivity index (χ1) is 9.67. The lowest BCUT2D eigenvalue weighted by Gasteiger charge is -2.17. The SMILES string of the molecule is CC1CCc2c(sc(N=Cc3cc(Br)cs3)c2C#N)C1. The van der Waals surface area contributed by atoms with Gasteiger partial charge in [0.15, 0.2) is 0 Å². The van der Waals surface area contributed by atoms with Crippen molar-refractivity contribution in [1.82, 2.24) is 0 Å². The fourth-order valence-electron chi connectivity index (χ4n) is 2.46. The smallest absolute Gasteiger partial charge is 0.134 e. The molecule has 2 aromatic rings. The lowest BCUT2D eigenvalue weighted by atomic mass is 9.89. The van der Waals surface area contributed by atoms with Crippen molar-refractivity contribution >= 4 is 49.8 Å². The van der Waals surface area contributed by atoms with Crippen LogP contribution in [0, 0.1) is 17.2 Å². The summed E-state index contributed by atoms with van der Waals surface area (Å²) in [7, 11) is 0. The van der Waals surface area contributed by atoms with E-state index in [-0.39, 0.29) is 0 Å². The molecule has 0 radical (unpaired) electrons. The molecule has 1 atom stereocenters. The number of nitrogens with zero attached hydrogens (tertiary/aromatic N) is 2. The number of fused-ring (bicyclic) bond motifs is 1. The summed E-state index contributed by atoms with van der Waals surface area (Å²) in [6.07, 6.45) is 5.15. The van der Waals surface area contributed by atoms with Crippen molar-refractivity contribution in [2.24, 2.45) is 10.9 Å². The van der Waals surface area contributed by atoms with Gasteiger partial charge in [-0.25, -0.2) is 4.99 Å². The maximum Gasteiger partial charge on any atom is 0.134 e. The van der Waals surface area contributed by atoms with Crippen molar-refractivity contribution in [2.45, 2.75) is 26.2 Å². The van der Waals surface area contributed by atoms with Crippen LogP contribution in [0.2, 0.25) is 0 Å². The minimum absolute atomic E-state index is 0.720. The fourth-order valence-corrected chi connectivity index (χ4v) is 5.07. The maximum absolute atomic E-state index is 9.41. The summed E-state index contributed by atoms with van der Waals surface area (Å²) in [6.45, 7) is 2.28. The van der Waals surface area contributed by atoms with Gasteiger partial charge in [-0.1, -0.05) is 6.92 Å². The van der Waals surface area contributed by atoms with Gasteiger partial charge in [-0.2, -0.15) is 5.26 Å². The van der Waals surface area contributed by atoms with E-state index in [9.17, 15) is 5.26 Å². The second kappa shape index (κ2) is 5.80. The zero-order chi connectivity index (χ0) is 14.1. The van der Waals surface area contributed by atoms with Gasteiger partial charge in [0, 0.05) is 25.8 Å². The highest BCUT2D eigenvalue weighted by Gasteiger charge is 2.23. The van der Waals surface area contributed by atoms with Crippen LogP contribution in [0.15, 0.2) is 20.9 Å². The molecule has 20 heavy (non-hydrogen) atoms. The molecule has 0 N–H and O–H groups in total. The van der Waals surface area contributed by atoms with Crippen LogP contribution in [-0.4, -0.2) is 6.21 Å². The summed E-state index contributed by atoms with van der Waals surface area (Å²) in [5.74, 6) is 0.720. The summed E-state index contributed by atoms with van der Waals surface area (Å²) >= 11 is 6.77. The molecule has 0 bridgehead atoms. The van der Waals surface area contributed by atoms with Crippen LogP contribution < -0.4 is 0 Å². The number of aliphatic imine (C=N–C) groups is 1. The molecule has 1 unspecified atom stereocenters. The maximum atomic E-state index is 9.41. The molecular weight excluding hydrogens is 352 g/mol. The number of nitriles is 1. The average molecular weight is 365 g/mol. The Bertz CT molecular complexity index is 706. The van der Waals surface area contributed by atoms with E-state index >= 15 is 0 Å². The third-order valence-corrected chi connectivity index (χ3v) is 6.29. The van der Waals surface area contributed by atoms with Gasteiger partial charge in [0.05, 0.1) is 5.56 Å². The Morgan fingerprint density at radius 2 is 2.40 bits per heavy atom. The highest BCUT2D eigenvalue weighted by molar-refractivity contribution is 9.10. The molecule has 0 fully saturated rings. The summed E-state index contributed by atoms with van der Waals surface area (Å²) in [5.41, 5.74) is 2.04. The largest absolute Gasteiger partial charge is 0.243 e. The van der Waals surface area contributed by atoms with Gasteiger partial charge in [0.1, 0.15) is 11.1 Å². The number of rotatable bonds is 2. The van der Waals surface area contributed by atoms with E-state index in [1.165, 1.54) is 16.9 Å². The third-order valence-electron chi connectivity index (χ3n) is 3.50. The van der Waals surface area contributed by atoms with Gasteiger partial charge >= 0.3 is 0 Å². The first-order valence-corrected chi connectivity index (χ1v) is 8.99. The predicted molar refractivity (Wildman–Crippen MR) is 89.5 cm³/mol. The average Bonchev–Trinajstić information content (AvgIpc) is 2.98. The van der Waals surface area contributed by atoms with Gasteiger partial charge in [0.2, 0.25) is 0 Å². The molecular formula is C15H13BrN2S2. The van der Waals surface area contributed by atoms with E-state index in [1.54, 1.807) is 22.7 Å². The van der Waals surface area contributed by atoms with Gasteiger partial charge in [-0.3, -0.25) is 0 Å². The lowest BCUT2D eigenvalue weighted by molar-refractivity contribution is 0.507. The minimum Gasteiger partial charge on any atom is -0.243 e. The van der Waals surface area contributed by atoms with Crippen molar-refractivity contribution in [1.29, 1.82) is 5.26 Å². The second-order valence-corrected chi connectivity index (χ2v) is 8.01. The van der Waals surface area contributed by atoms with Gasteiger partial charge in [-0.05, 0) is 52.7 Å². The molecule has 2 heterocycles. The van der Waals surface area contributed by atoms with Crippen LogP contribution in [0.1, 0.15) is 34.2 Å². The van der Waals surface area contributed by atoms with Crippen molar-refractivity contribution < 1.29 is 0 Å². The van der Waals surface area contributed by atoms with Crippen LogP contribution in [0.4, 0.5) is 5.00 Å². The number of hydrogen-bond donors (Lipinski definition) is 0. The highest BCUT2D eigenvalue weighted by atomic mass is 79.9. The standard InChI is InChI=1S/C15H13BrN2S2/c1-9-2-3-12-13(6-17)15(20-14(12)4-9)18-7-11-5-10(16)8-19-11/h5,7-9H,2-4H2,1H3. The Labute approximate surface area is 134 Å². The van der Waals surface area contributed by atoms with E-state index in [0.717, 1.165) is 38.7 Å². The van der Waals surface area contributed by atoms with Crippen LogP contribution in [-0.2, 0) is 12.8 Å². The predicted octanol–water partition coefficient (Wildman–Crippen LogP) is 5.32. The zero-order valence-electron chi connectivity index (χ0n) is 11.0. The van der Waals surface area contributed by atoms with Gasteiger partial charge < -0.3 is 0 Å². The number of hydrogen-bond acceptors (Lipinski definition) is 4. The molecule has 2 nitrogen and oxygen atoms in total. The van der Waals surface area contributed by atoms with E-state index in [2.05, 4.69) is 33.9 Å².